The minimum Gasteiger partial charge on any atom is -0.382 e. The number of hydrogen-bond donors (Lipinski definition) is 1. The molecule has 6 nitrogen and oxygen atoms in total. The van der Waals surface area contributed by atoms with Gasteiger partial charge in [0.05, 0.1) is 11.9 Å². The third-order valence-corrected chi connectivity index (χ3v) is 4.49. The molecule has 0 aliphatic rings. The molecule has 0 aromatic carbocycles. The minimum absolute atomic E-state index is 0.209. The van der Waals surface area contributed by atoms with Crippen molar-refractivity contribution in [2.75, 3.05) is 5.73 Å². The van der Waals surface area contributed by atoms with Crippen LogP contribution in [0, 0.1) is 0 Å². The molecule has 1 unspecified atom stereocenters. The highest BCUT2D eigenvalue weighted by Crippen LogP contribution is 2.34. The Morgan fingerprint density at radius 2 is 2.09 bits per heavy atom. The summed E-state index contributed by atoms with van der Waals surface area (Å²) in [4.78, 5) is 4.07. The van der Waals surface area contributed by atoms with Crippen LogP contribution in [-0.2, 0) is 0 Å². The predicted octanol–water partition coefficient (Wildman–Crippen LogP) is 3.39. The van der Waals surface area contributed by atoms with Crippen molar-refractivity contribution in [2.24, 2.45) is 0 Å². The zero-order valence-electron chi connectivity index (χ0n) is 12.9. The van der Waals surface area contributed by atoms with Gasteiger partial charge in [-0.15, -0.1) is 0 Å². The largest absolute Gasteiger partial charge is 0.382 e. The first-order valence-corrected chi connectivity index (χ1v) is 8.13. The van der Waals surface area contributed by atoms with Crippen LogP contribution in [0.25, 0.3) is 5.52 Å². The highest BCUT2D eigenvalue weighted by atomic mass is 79.9. The molecule has 7 heteroatoms. The Labute approximate surface area is 137 Å². The fourth-order valence-corrected chi connectivity index (χ4v) is 3.33. The van der Waals surface area contributed by atoms with Gasteiger partial charge in [-0.1, -0.05) is 6.92 Å². The average molecular weight is 363 g/mol. The van der Waals surface area contributed by atoms with Crippen molar-refractivity contribution in [3.8, 4) is 0 Å². The summed E-state index contributed by atoms with van der Waals surface area (Å²) in [5.41, 5.74) is 9.05. The third-order valence-electron chi connectivity index (χ3n) is 3.88. The number of hydrogen-bond acceptors (Lipinski definition) is 4. The molecule has 0 saturated carbocycles. The Morgan fingerprint density at radius 1 is 1.32 bits per heavy atom. The maximum atomic E-state index is 5.98. The summed E-state index contributed by atoms with van der Waals surface area (Å²) in [6, 6.07) is 2.42. The van der Waals surface area contributed by atoms with Crippen molar-refractivity contribution in [3.05, 3.63) is 40.5 Å². The van der Waals surface area contributed by atoms with Crippen LogP contribution in [0.4, 0.5) is 5.82 Å². The van der Waals surface area contributed by atoms with Crippen LogP contribution in [0.1, 0.15) is 50.4 Å². The summed E-state index contributed by atoms with van der Waals surface area (Å²) in [7, 11) is 0. The van der Waals surface area contributed by atoms with E-state index in [1.165, 1.54) is 11.9 Å². The van der Waals surface area contributed by atoms with Crippen molar-refractivity contribution < 1.29 is 0 Å². The van der Waals surface area contributed by atoms with E-state index in [-0.39, 0.29) is 5.92 Å². The van der Waals surface area contributed by atoms with E-state index in [0.29, 0.717) is 11.9 Å². The molecule has 1 atom stereocenters. The zero-order valence-corrected chi connectivity index (χ0v) is 14.4. The van der Waals surface area contributed by atoms with Crippen LogP contribution in [0.2, 0.25) is 0 Å². The van der Waals surface area contributed by atoms with E-state index in [1.54, 1.807) is 0 Å². The van der Waals surface area contributed by atoms with Gasteiger partial charge < -0.3 is 5.73 Å². The number of aromatic nitrogens is 5. The van der Waals surface area contributed by atoms with Gasteiger partial charge in [0, 0.05) is 22.6 Å². The molecule has 0 bridgehead atoms. The fourth-order valence-electron chi connectivity index (χ4n) is 2.72. The van der Waals surface area contributed by atoms with Gasteiger partial charge in [0.25, 0.3) is 0 Å². The smallest absolute Gasteiger partial charge is 0.152 e. The van der Waals surface area contributed by atoms with Gasteiger partial charge in [-0.05, 0) is 47.8 Å². The maximum absolute atomic E-state index is 5.98. The van der Waals surface area contributed by atoms with E-state index in [9.17, 15) is 0 Å². The van der Waals surface area contributed by atoms with E-state index in [2.05, 4.69) is 64.1 Å². The number of nitrogens with two attached hydrogens (primary N) is 1. The molecule has 0 fully saturated rings. The molecule has 0 aliphatic carbocycles. The molecule has 0 aliphatic heterocycles. The molecule has 3 aromatic rings. The van der Waals surface area contributed by atoms with Crippen molar-refractivity contribution in [3.63, 3.8) is 0 Å². The number of nitrogen functional groups attached to an aromatic ring is 1. The van der Waals surface area contributed by atoms with Gasteiger partial charge in [0.1, 0.15) is 11.8 Å². The summed E-state index contributed by atoms with van der Waals surface area (Å²) in [6.07, 6.45) is 6.48. The Kier molecular flexibility index (Phi) is 3.90. The standard InChI is InChI=1S/C15H19BrN6/c1-4-11(10-6-19-21(7-10)9(2)3)13-5-12(16)14-15(17)18-8-20-22(13)14/h5-9,11H,4H2,1-3H3,(H2,17,18,20). The molecule has 0 radical (unpaired) electrons. The Bertz CT molecular complexity index is 804. The minimum atomic E-state index is 0.209. The Morgan fingerprint density at radius 3 is 2.73 bits per heavy atom. The molecule has 3 heterocycles. The summed E-state index contributed by atoms with van der Waals surface area (Å²) in [5, 5.41) is 8.82. The molecular formula is C15H19BrN6. The monoisotopic (exact) mass is 362 g/mol. The number of nitrogens with zero attached hydrogens (tertiary/aromatic N) is 5. The van der Waals surface area contributed by atoms with Gasteiger partial charge >= 0.3 is 0 Å². The molecule has 0 saturated heterocycles. The number of fused-ring (bicyclic) bond motifs is 1. The van der Waals surface area contributed by atoms with Crippen LogP contribution < -0.4 is 5.73 Å². The maximum Gasteiger partial charge on any atom is 0.152 e. The van der Waals surface area contributed by atoms with Gasteiger partial charge in [-0.2, -0.15) is 10.2 Å². The second kappa shape index (κ2) is 5.72. The first-order chi connectivity index (χ1) is 10.5. The molecular weight excluding hydrogens is 344 g/mol. The first kappa shape index (κ1) is 15.0. The number of rotatable bonds is 4. The lowest BCUT2D eigenvalue weighted by molar-refractivity contribution is 0.531. The van der Waals surface area contributed by atoms with Gasteiger partial charge in [0.2, 0.25) is 0 Å². The summed E-state index contributed by atoms with van der Waals surface area (Å²) >= 11 is 3.57. The normalized spacial score (nSPS) is 13.1. The van der Waals surface area contributed by atoms with E-state index in [1.807, 2.05) is 15.4 Å². The first-order valence-electron chi connectivity index (χ1n) is 7.34. The fraction of sp³-hybridized carbons (Fsp3) is 0.400. The number of anilines is 1. The quantitative estimate of drug-likeness (QED) is 0.771. The van der Waals surface area contributed by atoms with Crippen molar-refractivity contribution in [1.29, 1.82) is 0 Å². The summed E-state index contributed by atoms with van der Waals surface area (Å²) in [5.74, 6) is 0.682. The third kappa shape index (κ3) is 2.39. The Balaban J connectivity index is 2.13. The zero-order chi connectivity index (χ0) is 15.9. The van der Waals surface area contributed by atoms with Crippen molar-refractivity contribution in [1.82, 2.24) is 24.4 Å². The topological polar surface area (TPSA) is 74.0 Å². The predicted molar refractivity (Wildman–Crippen MR) is 89.8 cm³/mol. The molecule has 116 valence electrons. The van der Waals surface area contributed by atoms with Crippen molar-refractivity contribution in [2.45, 2.75) is 39.2 Å². The highest BCUT2D eigenvalue weighted by molar-refractivity contribution is 9.10. The van der Waals surface area contributed by atoms with Crippen LogP contribution >= 0.6 is 15.9 Å². The summed E-state index contributed by atoms with van der Waals surface area (Å²) < 4.78 is 4.76. The SMILES string of the molecule is CCC(c1cnn(C(C)C)c1)c1cc(Br)c2c(N)ncnn12. The highest BCUT2D eigenvalue weighted by Gasteiger charge is 2.21. The lowest BCUT2D eigenvalue weighted by Crippen LogP contribution is -2.07. The Hall–Kier alpha value is -1.89. The van der Waals surface area contributed by atoms with Crippen LogP contribution in [0.15, 0.2) is 29.3 Å². The van der Waals surface area contributed by atoms with Gasteiger partial charge in [0.15, 0.2) is 5.82 Å². The molecule has 3 aromatic heterocycles. The molecule has 0 spiro atoms. The van der Waals surface area contributed by atoms with E-state index in [0.717, 1.165) is 22.1 Å². The number of halogens is 1. The van der Waals surface area contributed by atoms with Crippen LogP contribution in [0.5, 0.6) is 0 Å². The van der Waals surface area contributed by atoms with Crippen LogP contribution in [0.3, 0.4) is 0 Å². The average Bonchev–Trinajstić information content (AvgIpc) is 3.07. The summed E-state index contributed by atoms with van der Waals surface area (Å²) in [6.45, 7) is 6.40. The van der Waals surface area contributed by atoms with E-state index >= 15 is 0 Å². The van der Waals surface area contributed by atoms with Gasteiger partial charge in [-0.3, -0.25) is 4.68 Å². The second-order valence-corrected chi connectivity index (χ2v) is 6.49. The van der Waals surface area contributed by atoms with Crippen molar-refractivity contribution >= 4 is 27.3 Å². The van der Waals surface area contributed by atoms with E-state index in [4.69, 9.17) is 5.73 Å². The lowest BCUT2D eigenvalue weighted by Gasteiger charge is -2.13. The second-order valence-electron chi connectivity index (χ2n) is 5.63. The molecule has 3 rings (SSSR count). The molecule has 2 N–H and O–H groups in total. The van der Waals surface area contributed by atoms with Crippen LogP contribution in [-0.4, -0.2) is 24.4 Å². The van der Waals surface area contributed by atoms with Gasteiger partial charge in [-0.25, -0.2) is 9.50 Å². The molecule has 0 amide bonds. The molecule has 22 heavy (non-hydrogen) atoms. The lowest BCUT2D eigenvalue weighted by atomic mass is 9.96. The van der Waals surface area contributed by atoms with E-state index < -0.39 is 0 Å².